The van der Waals surface area contributed by atoms with Crippen molar-refractivity contribution in [3.05, 3.63) is 35.4 Å². The lowest BCUT2D eigenvalue weighted by Crippen LogP contribution is -2.20. The Labute approximate surface area is 74.4 Å². The highest BCUT2D eigenvalue weighted by Gasteiger charge is 2.32. The standard InChI is InChI=1S/C9H10F2O2/c10-9(11,6-13)8-4-2-1-3-7(8)5-12/h1-4,12-13H,5-6H2. The first kappa shape index (κ1) is 10.1. The molecule has 4 heteroatoms. The van der Waals surface area contributed by atoms with Gasteiger partial charge in [-0.15, -0.1) is 0 Å². The Kier molecular flexibility index (Phi) is 2.95. The molecule has 72 valence electrons. The highest BCUT2D eigenvalue weighted by Crippen LogP contribution is 2.29. The fourth-order valence-electron chi connectivity index (χ4n) is 1.10. The highest BCUT2D eigenvalue weighted by molar-refractivity contribution is 5.30. The lowest BCUT2D eigenvalue weighted by Gasteiger charge is -2.16. The summed E-state index contributed by atoms with van der Waals surface area (Å²) in [6, 6.07) is 5.60. The molecule has 0 fully saturated rings. The van der Waals surface area contributed by atoms with Crippen LogP contribution in [-0.2, 0) is 12.5 Å². The van der Waals surface area contributed by atoms with Gasteiger partial charge in [0.2, 0.25) is 0 Å². The third-order valence-electron chi connectivity index (χ3n) is 1.78. The van der Waals surface area contributed by atoms with Crippen LogP contribution >= 0.6 is 0 Å². The monoisotopic (exact) mass is 188 g/mol. The van der Waals surface area contributed by atoms with Crippen LogP contribution in [-0.4, -0.2) is 16.8 Å². The summed E-state index contributed by atoms with van der Waals surface area (Å²) in [5.41, 5.74) is -0.179. The summed E-state index contributed by atoms with van der Waals surface area (Å²) in [5, 5.41) is 17.2. The van der Waals surface area contributed by atoms with Gasteiger partial charge in [-0.1, -0.05) is 24.3 Å². The van der Waals surface area contributed by atoms with Gasteiger partial charge in [0.15, 0.2) is 0 Å². The first-order valence-corrected chi connectivity index (χ1v) is 3.79. The summed E-state index contributed by atoms with van der Waals surface area (Å²) in [7, 11) is 0. The molecule has 0 amide bonds. The summed E-state index contributed by atoms with van der Waals surface area (Å²) in [4.78, 5) is 0. The normalized spacial score (nSPS) is 11.7. The van der Waals surface area contributed by atoms with Crippen molar-refractivity contribution >= 4 is 0 Å². The van der Waals surface area contributed by atoms with E-state index in [9.17, 15) is 8.78 Å². The zero-order valence-electron chi connectivity index (χ0n) is 6.87. The van der Waals surface area contributed by atoms with Crippen molar-refractivity contribution in [1.82, 2.24) is 0 Å². The van der Waals surface area contributed by atoms with E-state index in [4.69, 9.17) is 10.2 Å². The maximum Gasteiger partial charge on any atom is 0.296 e. The Morgan fingerprint density at radius 2 is 1.77 bits per heavy atom. The number of alkyl halides is 2. The molecule has 0 aliphatic carbocycles. The van der Waals surface area contributed by atoms with E-state index in [0.29, 0.717) is 0 Å². The molecule has 0 saturated heterocycles. The minimum Gasteiger partial charge on any atom is -0.392 e. The molecule has 0 aromatic heterocycles. The largest absolute Gasteiger partial charge is 0.392 e. The molecule has 0 heterocycles. The summed E-state index contributed by atoms with van der Waals surface area (Å²) in [6.45, 7) is -1.70. The Morgan fingerprint density at radius 1 is 1.15 bits per heavy atom. The molecular formula is C9H10F2O2. The average molecular weight is 188 g/mol. The number of rotatable bonds is 3. The van der Waals surface area contributed by atoms with Crippen LogP contribution in [0.2, 0.25) is 0 Å². The summed E-state index contributed by atoms with van der Waals surface area (Å²) in [5.74, 6) is -3.28. The molecule has 0 spiro atoms. The van der Waals surface area contributed by atoms with Crippen molar-refractivity contribution in [2.24, 2.45) is 0 Å². The average Bonchev–Trinajstić information content (AvgIpc) is 2.18. The Bertz CT molecular complexity index is 287. The zero-order chi connectivity index (χ0) is 9.90. The lowest BCUT2D eigenvalue weighted by molar-refractivity contribution is -0.0569. The third-order valence-corrected chi connectivity index (χ3v) is 1.78. The summed E-state index contributed by atoms with van der Waals surface area (Å²) in [6.07, 6.45) is 0. The Morgan fingerprint density at radius 3 is 2.31 bits per heavy atom. The predicted octanol–water partition coefficient (Wildman–Crippen LogP) is 1.26. The number of hydrogen-bond acceptors (Lipinski definition) is 2. The molecule has 1 rings (SSSR count). The van der Waals surface area contributed by atoms with Crippen LogP contribution in [0.15, 0.2) is 24.3 Å². The van der Waals surface area contributed by atoms with Crippen LogP contribution in [0.1, 0.15) is 11.1 Å². The van der Waals surface area contributed by atoms with Gasteiger partial charge < -0.3 is 10.2 Å². The second-order valence-electron chi connectivity index (χ2n) is 2.68. The van der Waals surface area contributed by atoms with Crippen molar-refractivity contribution in [2.75, 3.05) is 6.61 Å². The molecule has 2 N–H and O–H groups in total. The van der Waals surface area contributed by atoms with Crippen molar-refractivity contribution in [2.45, 2.75) is 12.5 Å². The summed E-state index contributed by atoms with van der Waals surface area (Å²) >= 11 is 0. The van der Waals surface area contributed by atoms with Gasteiger partial charge in [-0.2, -0.15) is 8.78 Å². The van der Waals surface area contributed by atoms with Crippen LogP contribution in [0, 0.1) is 0 Å². The molecule has 13 heavy (non-hydrogen) atoms. The SMILES string of the molecule is OCc1ccccc1C(F)(F)CO. The van der Waals surface area contributed by atoms with Crippen molar-refractivity contribution in [3.8, 4) is 0 Å². The highest BCUT2D eigenvalue weighted by atomic mass is 19.3. The molecule has 2 nitrogen and oxygen atoms in total. The van der Waals surface area contributed by atoms with E-state index in [1.807, 2.05) is 0 Å². The first-order valence-electron chi connectivity index (χ1n) is 3.79. The molecule has 1 aromatic carbocycles. The minimum absolute atomic E-state index is 0.140. The number of benzene rings is 1. The van der Waals surface area contributed by atoms with E-state index in [1.165, 1.54) is 18.2 Å². The second-order valence-corrected chi connectivity index (χ2v) is 2.68. The van der Waals surface area contributed by atoms with Crippen LogP contribution in [0.5, 0.6) is 0 Å². The van der Waals surface area contributed by atoms with Gasteiger partial charge in [-0.05, 0) is 5.56 Å². The second kappa shape index (κ2) is 3.81. The van der Waals surface area contributed by atoms with E-state index in [1.54, 1.807) is 6.07 Å². The van der Waals surface area contributed by atoms with Crippen LogP contribution in [0.25, 0.3) is 0 Å². The Hall–Kier alpha value is -1.00. The van der Waals surface area contributed by atoms with Gasteiger partial charge in [0.1, 0.15) is 6.61 Å². The molecule has 1 aromatic rings. The van der Waals surface area contributed by atoms with Crippen LogP contribution in [0.3, 0.4) is 0 Å². The van der Waals surface area contributed by atoms with E-state index >= 15 is 0 Å². The quantitative estimate of drug-likeness (QED) is 0.749. The van der Waals surface area contributed by atoms with Crippen LogP contribution < -0.4 is 0 Å². The van der Waals surface area contributed by atoms with Gasteiger partial charge in [-0.3, -0.25) is 0 Å². The fourth-order valence-corrected chi connectivity index (χ4v) is 1.10. The van der Waals surface area contributed by atoms with Gasteiger partial charge in [0.25, 0.3) is 5.92 Å². The molecule has 0 radical (unpaired) electrons. The molecule has 0 aliphatic heterocycles. The van der Waals surface area contributed by atoms with Crippen LogP contribution in [0.4, 0.5) is 8.78 Å². The zero-order valence-corrected chi connectivity index (χ0v) is 6.87. The Balaban J connectivity index is 3.12. The fraction of sp³-hybridized carbons (Fsp3) is 0.333. The summed E-state index contributed by atoms with van der Waals surface area (Å²) < 4.78 is 25.9. The smallest absolute Gasteiger partial charge is 0.296 e. The number of aliphatic hydroxyl groups is 2. The molecule has 0 aliphatic rings. The molecule has 0 unspecified atom stereocenters. The van der Waals surface area contributed by atoms with Crippen molar-refractivity contribution in [3.63, 3.8) is 0 Å². The van der Waals surface area contributed by atoms with E-state index in [2.05, 4.69) is 0 Å². The topological polar surface area (TPSA) is 40.5 Å². The van der Waals surface area contributed by atoms with Gasteiger partial charge >= 0.3 is 0 Å². The molecular weight excluding hydrogens is 178 g/mol. The molecule has 0 atom stereocenters. The third kappa shape index (κ3) is 2.02. The van der Waals surface area contributed by atoms with Gasteiger partial charge in [0, 0.05) is 5.56 Å². The van der Waals surface area contributed by atoms with Crippen molar-refractivity contribution < 1.29 is 19.0 Å². The maximum atomic E-state index is 13.0. The van der Waals surface area contributed by atoms with Gasteiger partial charge in [-0.25, -0.2) is 0 Å². The predicted molar refractivity (Wildman–Crippen MR) is 43.3 cm³/mol. The first-order chi connectivity index (χ1) is 6.11. The van der Waals surface area contributed by atoms with E-state index < -0.39 is 19.1 Å². The number of aliphatic hydroxyl groups excluding tert-OH is 2. The van der Waals surface area contributed by atoms with Gasteiger partial charge in [0.05, 0.1) is 6.61 Å². The molecule has 0 saturated carbocycles. The van der Waals surface area contributed by atoms with E-state index in [0.717, 1.165) is 0 Å². The number of hydrogen-bond donors (Lipinski definition) is 2. The van der Waals surface area contributed by atoms with Crippen molar-refractivity contribution in [1.29, 1.82) is 0 Å². The minimum atomic E-state index is -3.28. The maximum absolute atomic E-state index is 13.0. The molecule has 0 bridgehead atoms. The van der Waals surface area contributed by atoms with E-state index in [-0.39, 0.29) is 11.1 Å². The lowest BCUT2D eigenvalue weighted by atomic mass is 10.0. The number of halogens is 2.